The molecule has 1 aromatic carbocycles. The van der Waals surface area contributed by atoms with E-state index in [1.165, 1.54) is 17.7 Å². The van der Waals surface area contributed by atoms with Crippen LogP contribution in [0.25, 0.3) is 10.8 Å². The quantitative estimate of drug-likeness (QED) is 0.828. The maximum Gasteiger partial charge on any atom is 0.274 e. The highest BCUT2D eigenvalue weighted by Gasteiger charge is 2.22. The van der Waals surface area contributed by atoms with E-state index in [9.17, 15) is 4.79 Å². The van der Waals surface area contributed by atoms with E-state index < -0.39 is 0 Å². The van der Waals surface area contributed by atoms with Crippen molar-refractivity contribution >= 4 is 45.7 Å². The maximum atomic E-state index is 12.6. The van der Waals surface area contributed by atoms with Crippen molar-refractivity contribution in [2.24, 2.45) is 0 Å². The van der Waals surface area contributed by atoms with Gasteiger partial charge < -0.3 is 15.3 Å². The molecule has 1 fully saturated rings. The number of rotatable bonds is 5. The molecule has 6 nitrogen and oxygen atoms in total. The summed E-state index contributed by atoms with van der Waals surface area (Å²) in [5, 5.41) is 22.9. The third-order valence-corrected chi connectivity index (χ3v) is 5.22. The number of anilines is 1. The monoisotopic (exact) mass is 382 g/mol. The number of benzene rings is 1. The Bertz CT molecular complexity index is 794. The minimum Gasteiger partial charge on any atom is -0.395 e. The van der Waals surface area contributed by atoms with Crippen molar-refractivity contribution in [2.75, 3.05) is 25.5 Å². The maximum absolute atomic E-state index is 12.6. The lowest BCUT2D eigenvalue weighted by Gasteiger charge is -2.18. The van der Waals surface area contributed by atoms with Crippen LogP contribution in [0.1, 0.15) is 36.2 Å². The van der Waals surface area contributed by atoms with Gasteiger partial charge in [0, 0.05) is 30.4 Å². The number of amides is 1. The molecule has 134 valence electrons. The van der Waals surface area contributed by atoms with E-state index in [1.54, 1.807) is 19.2 Å². The van der Waals surface area contributed by atoms with Crippen molar-refractivity contribution in [3.63, 3.8) is 0 Å². The zero-order valence-electron chi connectivity index (χ0n) is 13.9. The van der Waals surface area contributed by atoms with Crippen LogP contribution in [0.3, 0.4) is 0 Å². The van der Waals surface area contributed by atoms with Crippen molar-refractivity contribution in [1.29, 1.82) is 0 Å². The summed E-state index contributed by atoms with van der Waals surface area (Å²) in [5.74, 6) is 0.291. The first-order chi connectivity index (χ1) is 12.0. The summed E-state index contributed by atoms with van der Waals surface area (Å²) in [4.78, 5) is 14.0. The Morgan fingerprint density at radius 1 is 1.24 bits per heavy atom. The second-order valence-electron chi connectivity index (χ2n) is 6.29. The number of aliphatic hydroxyl groups excluding tert-OH is 1. The predicted octanol–water partition coefficient (Wildman–Crippen LogP) is 3.36. The number of fused-ring (bicyclic) bond motifs is 1. The van der Waals surface area contributed by atoms with Crippen LogP contribution in [-0.4, -0.2) is 52.4 Å². The van der Waals surface area contributed by atoms with E-state index in [0.29, 0.717) is 27.3 Å². The fraction of sp³-hybridized carbons (Fsp3) is 0.471. The minimum atomic E-state index is -0.322. The highest BCUT2D eigenvalue weighted by Crippen LogP contribution is 2.33. The topological polar surface area (TPSA) is 78.3 Å². The summed E-state index contributed by atoms with van der Waals surface area (Å²) in [6.45, 7) is 0.0902. The van der Waals surface area contributed by atoms with Gasteiger partial charge in [-0.3, -0.25) is 4.79 Å². The summed E-state index contributed by atoms with van der Waals surface area (Å²) in [7, 11) is 1.61. The van der Waals surface area contributed by atoms with Gasteiger partial charge in [-0.25, -0.2) is 0 Å². The fourth-order valence-corrected chi connectivity index (χ4v) is 3.43. The van der Waals surface area contributed by atoms with E-state index in [1.807, 2.05) is 0 Å². The molecule has 8 heteroatoms. The molecule has 1 amide bonds. The van der Waals surface area contributed by atoms with Crippen LogP contribution in [-0.2, 0) is 0 Å². The number of aliphatic hydroxyl groups is 1. The molecule has 0 radical (unpaired) electrons. The van der Waals surface area contributed by atoms with Gasteiger partial charge in [-0.1, -0.05) is 36.0 Å². The summed E-state index contributed by atoms with van der Waals surface area (Å²) in [6.07, 6.45) is 4.56. The van der Waals surface area contributed by atoms with Gasteiger partial charge in [-0.15, -0.1) is 10.2 Å². The zero-order valence-corrected chi connectivity index (χ0v) is 15.4. The molecular weight excluding hydrogens is 363 g/mol. The van der Waals surface area contributed by atoms with Gasteiger partial charge in [0.1, 0.15) is 0 Å². The third kappa shape index (κ3) is 3.81. The van der Waals surface area contributed by atoms with Crippen LogP contribution < -0.4 is 5.32 Å². The van der Waals surface area contributed by atoms with E-state index in [4.69, 9.17) is 28.3 Å². The van der Waals surface area contributed by atoms with Gasteiger partial charge in [0.25, 0.3) is 5.91 Å². The average molecular weight is 383 g/mol. The van der Waals surface area contributed by atoms with Gasteiger partial charge in [-0.2, -0.15) is 0 Å². The number of likely N-dealkylation sites (N-methyl/N-ethyl adjacent to an activating group) is 1. The highest BCUT2D eigenvalue weighted by atomic mass is 35.5. The lowest BCUT2D eigenvalue weighted by Crippen LogP contribution is -2.30. The number of hydrogen-bond acceptors (Lipinski definition) is 5. The van der Waals surface area contributed by atoms with E-state index in [0.717, 1.165) is 18.2 Å². The smallest absolute Gasteiger partial charge is 0.274 e. The SMILES string of the molecule is CN(CCO)C(=O)c1nnc(NC2CCCC2)c2cc(Cl)c(Cl)cc12. The Balaban J connectivity index is 2.07. The van der Waals surface area contributed by atoms with Crippen molar-refractivity contribution < 1.29 is 9.90 Å². The first-order valence-corrected chi connectivity index (χ1v) is 9.05. The summed E-state index contributed by atoms with van der Waals surface area (Å²) < 4.78 is 0. The fourth-order valence-electron chi connectivity index (χ4n) is 3.11. The molecular formula is C17H20Cl2N4O2. The van der Waals surface area contributed by atoms with Crippen LogP contribution >= 0.6 is 23.2 Å². The van der Waals surface area contributed by atoms with Crippen LogP contribution in [0.5, 0.6) is 0 Å². The number of carbonyl (C=O) groups excluding carboxylic acids is 1. The van der Waals surface area contributed by atoms with Crippen molar-refractivity contribution in [3.05, 3.63) is 27.9 Å². The lowest BCUT2D eigenvalue weighted by atomic mass is 10.1. The average Bonchev–Trinajstić information content (AvgIpc) is 3.09. The van der Waals surface area contributed by atoms with E-state index in [2.05, 4.69) is 15.5 Å². The standard InChI is InChI=1S/C17H20Cl2N4O2/c1-23(6-7-24)17(25)15-11-8-13(18)14(19)9-12(11)16(22-21-15)20-10-4-2-3-5-10/h8-10,24H,2-7H2,1H3,(H,20,22). The highest BCUT2D eigenvalue weighted by molar-refractivity contribution is 6.43. The Morgan fingerprint density at radius 2 is 1.88 bits per heavy atom. The number of carbonyl (C=O) groups is 1. The van der Waals surface area contributed by atoms with Crippen LogP contribution in [0.4, 0.5) is 5.82 Å². The molecule has 1 saturated carbocycles. The second-order valence-corrected chi connectivity index (χ2v) is 7.10. The summed E-state index contributed by atoms with van der Waals surface area (Å²) >= 11 is 12.3. The number of halogens is 2. The largest absolute Gasteiger partial charge is 0.395 e. The third-order valence-electron chi connectivity index (χ3n) is 4.50. The molecule has 0 saturated heterocycles. The van der Waals surface area contributed by atoms with Crippen molar-refractivity contribution in [2.45, 2.75) is 31.7 Å². The molecule has 0 spiro atoms. The van der Waals surface area contributed by atoms with Gasteiger partial charge >= 0.3 is 0 Å². The number of nitrogens with zero attached hydrogens (tertiary/aromatic N) is 3. The van der Waals surface area contributed by atoms with Gasteiger partial charge in [0.2, 0.25) is 0 Å². The number of aromatic nitrogens is 2. The van der Waals surface area contributed by atoms with Crippen LogP contribution in [0, 0.1) is 0 Å². The molecule has 0 bridgehead atoms. The molecule has 0 aliphatic heterocycles. The first kappa shape index (κ1) is 18.2. The van der Waals surface area contributed by atoms with Crippen molar-refractivity contribution in [1.82, 2.24) is 15.1 Å². The molecule has 1 aliphatic rings. The van der Waals surface area contributed by atoms with E-state index >= 15 is 0 Å². The normalized spacial score (nSPS) is 14.9. The van der Waals surface area contributed by atoms with Gasteiger partial charge in [0.15, 0.2) is 11.5 Å². The van der Waals surface area contributed by atoms with Gasteiger partial charge in [-0.05, 0) is 25.0 Å². The molecule has 0 atom stereocenters. The Kier molecular flexibility index (Phi) is 5.61. The van der Waals surface area contributed by atoms with Gasteiger partial charge in [0.05, 0.1) is 16.7 Å². The summed E-state index contributed by atoms with van der Waals surface area (Å²) in [5.41, 5.74) is 0.196. The molecule has 2 aromatic rings. The predicted molar refractivity (Wildman–Crippen MR) is 99.5 cm³/mol. The number of hydrogen-bond donors (Lipinski definition) is 2. The molecule has 1 aromatic heterocycles. The Hall–Kier alpha value is -1.63. The minimum absolute atomic E-state index is 0.124. The molecule has 3 rings (SSSR count). The lowest BCUT2D eigenvalue weighted by molar-refractivity contribution is 0.0762. The Labute approximate surface area is 156 Å². The Morgan fingerprint density at radius 3 is 2.52 bits per heavy atom. The van der Waals surface area contributed by atoms with E-state index in [-0.39, 0.29) is 24.8 Å². The van der Waals surface area contributed by atoms with Crippen LogP contribution in [0.2, 0.25) is 10.0 Å². The summed E-state index contributed by atoms with van der Waals surface area (Å²) in [6, 6.07) is 3.72. The first-order valence-electron chi connectivity index (χ1n) is 8.29. The molecule has 1 aliphatic carbocycles. The molecule has 0 unspecified atom stereocenters. The van der Waals surface area contributed by atoms with Crippen LogP contribution in [0.15, 0.2) is 12.1 Å². The van der Waals surface area contributed by atoms with Crippen molar-refractivity contribution in [3.8, 4) is 0 Å². The molecule has 25 heavy (non-hydrogen) atoms. The molecule has 2 N–H and O–H groups in total. The zero-order chi connectivity index (χ0) is 18.0. The second kappa shape index (κ2) is 7.72. The molecule has 1 heterocycles. The number of nitrogens with one attached hydrogen (secondary N) is 1.